The van der Waals surface area contributed by atoms with E-state index in [0.717, 1.165) is 10.9 Å². The van der Waals surface area contributed by atoms with Gasteiger partial charge in [-0.05, 0) is 24.1 Å². The quantitative estimate of drug-likeness (QED) is 0.566. The van der Waals surface area contributed by atoms with E-state index in [9.17, 15) is 8.42 Å². The molecule has 0 saturated heterocycles. The fraction of sp³-hybridized carbons (Fsp3) is 0.500. The van der Waals surface area contributed by atoms with Crippen LogP contribution in [0.15, 0.2) is 18.2 Å². The minimum Gasteiger partial charge on any atom is -0.493 e. The smallest absolute Gasteiger partial charge is 0.161 e. The van der Waals surface area contributed by atoms with E-state index in [1.54, 1.807) is 7.11 Å². The van der Waals surface area contributed by atoms with Crippen molar-refractivity contribution >= 4 is 25.8 Å². The molecule has 0 N–H and O–H groups in total. The Morgan fingerprint density at radius 2 is 2.00 bits per heavy atom. The molecule has 0 amide bonds. The predicted octanol–water partition coefficient (Wildman–Crippen LogP) is 2.40. The van der Waals surface area contributed by atoms with Gasteiger partial charge in [-0.3, -0.25) is 0 Å². The molecule has 0 radical (unpaired) electrons. The zero-order valence-electron chi connectivity index (χ0n) is 10.5. The number of hydrogen-bond acceptors (Lipinski definition) is 4. The average molecular weight is 337 g/mol. The molecular weight excluding hydrogens is 320 g/mol. The number of hydrogen-bond donors (Lipinski definition) is 0. The maximum atomic E-state index is 11.0. The first-order valence-electron chi connectivity index (χ1n) is 5.49. The van der Waals surface area contributed by atoms with Gasteiger partial charge in [0.1, 0.15) is 9.84 Å². The van der Waals surface area contributed by atoms with Gasteiger partial charge in [-0.15, -0.1) is 0 Å². The number of alkyl halides is 1. The van der Waals surface area contributed by atoms with E-state index >= 15 is 0 Å². The Balaban J connectivity index is 2.60. The Kier molecular flexibility index (Phi) is 5.95. The largest absolute Gasteiger partial charge is 0.493 e. The third-order valence-electron chi connectivity index (χ3n) is 2.30. The van der Waals surface area contributed by atoms with Crippen LogP contribution >= 0.6 is 15.9 Å². The monoisotopic (exact) mass is 336 g/mol. The number of halogens is 1. The molecule has 0 bridgehead atoms. The molecule has 1 rings (SSSR count). The number of benzene rings is 1. The fourth-order valence-corrected chi connectivity index (χ4v) is 2.41. The Bertz CT molecular complexity index is 485. The normalized spacial score (nSPS) is 11.3. The van der Waals surface area contributed by atoms with E-state index in [-0.39, 0.29) is 5.75 Å². The number of methoxy groups -OCH3 is 1. The third kappa shape index (κ3) is 5.27. The van der Waals surface area contributed by atoms with Gasteiger partial charge in [-0.2, -0.15) is 0 Å². The molecule has 102 valence electrons. The summed E-state index contributed by atoms with van der Waals surface area (Å²) < 4.78 is 32.7. The van der Waals surface area contributed by atoms with Gasteiger partial charge in [0, 0.05) is 11.6 Å². The van der Waals surface area contributed by atoms with Gasteiger partial charge in [0.05, 0.1) is 19.5 Å². The summed E-state index contributed by atoms with van der Waals surface area (Å²) in [7, 11) is -1.35. The van der Waals surface area contributed by atoms with E-state index in [4.69, 9.17) is 9.47 Å². The van der Waals surface area contributed by atoms with Crippen molar-refractivity contribution in [2.24, 2.45) is 0 Å². The predicted molar refractivity (Wildman–Crippen MR) is 75.4 cm³/mol. The van der Waals surface area contributed by atoms with Crippen LogP contribution in [0, 0.1) is 0 Å². The highest BCUT2D eigenvalue weighted by atomic mass is 79.9. The van der Waals surface area contributed by atoms with Gasteiger partial charge >= 0.3 is 0 Å². The van der Waals surface area contributed by atoms with Crippen molar-refractivity contribution in [3.8, 4) is 11.5 Å². The highest BCUT2D eigenvalue weighted by molar-refractivity contribution is 9.08. The van der Waals surface area contributed by atoms with Gasteiger partial charge in [-0.25, -0.2) is 8.42 Å². The number of rotatable bonds is 7. The molecule has 0 aliphatic carbocycles. The molecule has 6 heteroatoms. The van der Waals surface area contributed by atoms with E-state index in [2.05, 4.69) is 15.9 Å². The second-order valence-electron chi connectivity index (χ2n) is 3.95. The summed E-state index contributed by atoms with van der Waals surface area (Å²) in [5.74, 6) is 1.43. The van der Waals surface area contributed by atoms with Gasteiger partial charge in [0.2, 0.25) is 0 Å². The summed E-state index contributed by atoms with van der Waals surface area (Å²) in [4.78, 5) is 0. The highest BCUT2D eigenvalue weighted by Crippen LogP contribution is 2.28. The van der Waals surface area contributed by atoms with Gasteiger partial charge in [0.25, 0.3) is 0 Å². The van der Waals surface area contributed by atoms with Crippen LogP contribution in [0.4, 0.5) is 0 Å². The van der Waals surface area contributed by atoms with Gasteiger partial charge in [-0.1, -0.05) is 22.0 Å². The van der Waals surface area contributed by atoms with E-state index in [0.29, 0.717) is 24.5 Å². The summed E-state index contributed by atoms with van der Waals surface area (Å²) in [5.41, 5.74) is 1.08. The molecule has 4 nitrogen and oxygen atoms in total. The Labute approximate surface area is 116 Å². The Hall–Kier alpha value is -0.750. The number of ether oxygens (including phenoxy) is 2. The van der Waals surface area contributed by atoms with Crippen LogP contribution in [0.3, 0.4) is 0 Å². The Morgan fingerprint density at radius 3 is 2.56 bits per heavy atom. The van der Waals surface area contributed by atoms with Crippen molar-refractivity contribution < 1.29 is 17.9 Å². The lowest BCUT2D eigenvalue weighted by atomic mass is 10.2. The lowest BCUT2D eigenvalue weighted by Crippen LogP contribution is -2.08. The third-order valence-corrected chi connectivity index (χ3v) is 3.98. The van der Waals surface area contributed by atoms with E-state index in [1.165, 1.54) is 6.26 Å². The van der Waals surface area contributed by atoms with Gasteiger partial charge < -0.3 is 9.47 Å². The highest BCUT2D eigenvalue weighted by Gasteiger charge is 2.07. The van der Waals surface area contributed by atoms with Crippen LogP contribution in [0.5, 0.6) is 11.5 Å². The Morgan fingerprint density at radius 1 is 1.28 bits per heavy atom. The lowest BCUT2D eigenvalue weighted by Gasteiger charge is -2.11. The molecule has 0 atom stereocenters. The van der Waals surface area contributed by atoms with Crippen molar-refractivity contribution in [2.75, 3.05) is 25.7 Å². The maximum absolute atomic E-state index is 11.0. The minimum absolute atomic E-state index is 0.132. The molecule has 0 fully saturated rings. The van der Waals surface area contributed by atoms with Crippen molar-refractivity contribution in [3.63, 3.8) is 0 Å². The summed E-state index contributed by atoms with van der Waals surface area (Å²) in [6.45, 7) is 0.356. The molecule has 0 saturated carbocycles. The van der Waals surface area contributed by atoms with Crippen molar-refractivity contribution in [1.29, 1.82) is 0 Å². The van der Waals surface area contributed by atoms with Gasteiger partial charge in [0.15, 0.2) is 11.5 Å². The maximum Gasteiger partial charge on any atom is 0.161 e. The van der Waals surface area contributed by atoms with Crippen molar-refractivity contribution in [3.05, 3.63) is 23.8 Å². The molecule has 0 spiro atoms. The summed E-state index contributed by atoms with van der Waals surface area (Å²) in [6, 6.07) is 5.66. The molecule has 18 heavy (non-hydrogen) atoms. The van der Waals surface area contributed by atoms with Crippen LogP contribution < -0.4 is 9.47 Å². The van der Waals surface area contributed by atoms with E-state index in [1.807, 2.05) is 18.2 Å². The lowest BCUT2D eigenvalue weighted by molar-refractivity contribution is 0.294. The molecule has 0 unspecified atom stereocenters. The first kappa shape index (κ1) is 15.3. The first-order valence-corrected chi connectivity index (χ1v) is 8.68. The van der Waals surface area contributed by atoms with Crippen molar-refractivity contribution in [1.82, 2.24) is 0 Å². The van der Waals surface area contributed by atoms with Crippen LogP contribution in [-0.4, -0.2) is 34.1 Å². The minimum atomic E-state index is -2.93. The molecule has 1 aromatic rings. The second kappa shape index (κ2) is 6.99. The topological polar surface area (TPSA) is 52.6 Å². The van der Waals surface area contributed by atoms with Crippen LogP contribution in [0.1, 0.15) is 12.0 Å². The molecule has 0 aliphatic heterocycles. The first-order chi connectivity index (χ1) is 8.46. The van der Waals surface area contributed by atoms with E-state index < -0.39 is 9.84 Å². The van der Waals surface area contributed by atoms with Crippen LogP contribution in [-0.2, 0) is 15.2 Å². The number of sulfone groups is 1. The summed E-state index contributed by atoms with van der Waals surface area (Å²) in [5, 5.41) is 0.733. The average Bonchev–Trinajstić information content (AvgIpc) is 2.33. The second-order valence-corrected chi connectivity index (χ2v) is 6.77. The zero-order valence-corrected chi connectivity index (χ0v) is 12.9. The molecule has 1 aromatic carbocycles. The zero-order chi connectivity index (χ0) is 13.6. The molecule has 0 aliphatic rings. The fourth-order valence-electron chi connectivity index (χ4n) is 1.42. The van der Waals surface area contributed by atoms with Crippen LogP contribution in [0.2, 0.25) is 0 Å². The molecule has 0 aromatic heterocycles. The SMILES string of the molecule is COc1ccc(CBr)cc1OCCCS(C)(=O)=O. The van der Waals surface area contributed by atoms with Crippen LogP contribution in [0.25, 0.3) is 0 Å². The molecule has 0 heterocycles. The summed E-state index contributed by atoms with van der Waals surface area (Å²) in [6.07, 6.45) is 1.69. The van der Waals surface area contributed by atoms with Crippen molar-refractivity contribution in [2.45, 2.75) is 11.8 Å². The molecular formula is C12H17BrO4S. The standard InChI is InChI=1S/C12H17BrO4S/c1-16-11-5-4-10(9-13)8-12(11)17-6-3-7-18(2,14)15/h4-5,8H,3,6-7,9H2,1-2H3. The summed E-state index contributed by atoms with van der Waals surface area (Å²) >= 11 is 3.37.